The lowest BCUT2D eigenvalue weighted by molar-refractivity contribution is -0.153. The summed E-state index contributed by atoms with van der Waals surface area (Å²) in [6, 6.07) is -0.119. The van der Waals surface area contributed by atoms with Crippen molar-refractivity contribution in [3.63, 3.8) is 0 Å². The van der Waals surface area contributed by atoms with E-state index < -0.39 is 5.60 Å². The topological polar surface area (TPSA) is 49.8 Å². The van der Waals surface area contributed by atoms with Crippen molar-refractivity contribution in [1.82, 2.24) is 4.90 Å². The molecule has 0 bridgehead atoms. The largest absolute Gasteiger partial charge is 0.468 e. The summed E-state index contributed by atoms with van der Waals surface area (Å²) >= 11 is 0. The monoisotopic (exact) mass is 283 g/mol. The van der Waals surface area contributed by atoms with E-state index in [2.05, 4.69) is 11.8 Å². The van der Waals surface area contributed by atoms with Crippen LogP contribution >= 0.6 is 0 Å². The van der Waals surface area contributed by atoms with E-state index in [9.17, 15) is 9.90 Å². The van der Waals surface area contributed by atoms with Crippen LogP contribution in [-0.2, 0) is 9.53 Å². The molecule has 1 aliphatic heterocycles. The molecule has 1 saturated carbocycles. The van der Waals surface area contributed by atoms with E-state index in [0.717, 1.165) is 58.0 Å². The summed E-state index contributed by atoms with van der Waals surface area (Å²) in [5.41, 5.74) is -0.472. The number of esters is 1. The molecule has 116 valence electrons. The second kappa shape index (κ2) is 6.90. The molecule has 0 aromatic carbocycles. The highest BCUT2D eigenvalue weighted by Gasteiger charge is 2.44. The second-order valence-electron chi connectivity index (χ2n) is 6.47. The molecule has 0 radical (unpaired) electrons. The average Bonchev–Trinajstić information content (AvgIpc) is 2.47. The fraction of sp³-hybridized carbons (Fsp3) is 0.938. The highest BCUT2D eigenvalue weighted by molar-refractivity contribution is 5.75. The zero-order valence-corrected chi connectivity index (χ0v) is 12.9. The Morgan fingerprint density at radius 1 is 1.45 bits per heavy atom. The maximum Gasteiger partial charge on any atom is 0.323 e. The average molecular weight is 283 g/mol. The summed E-state index contributed by atoms with van der Waals surface area (Å²) in [4.78, 5) is 14.3. The number of likely N-dealkylation sites (tertiary alicyclic amines) is 1. The van der Waals surface area contributed by atoms with Gasteiger partial charge in [-0.3, -0.25) is 9.69 Å². The molecule has 1 N–H and O–H groups in total. The van der Waals surface area contributed by atoms with Gasteiger partial charge in [0.1, 0.15) is 6.04 Å². The van der Waals surface area contributed by atoms with Gasteiger partial charge >= 0.3 is 5.97 Å². The van der Waals surface area contributed by atoms with Gasteiger partial charge in [0.25, 0.3) is 0 Å². The maximum atomic E-state index is 12.0. The molecule has 3 atom stereocenters. The lowest BCUT2D eigenvalue weighted by Crippen LogP contribution is -2.57. The van der Waals surface area contributed by atoms with Crippen LogP contribution in [0, 0.1) is 5.92 Å². The van der Waals surface area contributed by atoms with Gasteiger partial charge in [-0.05, 0) is 25.7 Å². The highest BCUT2D eigenvalue weighted by atomic mass is 16.5. The van der Waals surface area contributed by atoms with E-state index in [1.165, 1.54) is 13.5 Å². The maximum absolute atomic E-state index is 12.0. The van der Waals surface area contributed by atoms with E-state index >= 15 is 0 Å². The molecule has 1 heterocycles. The minimum absolute atomic E-state index is 0.111. The quantitative estimate of drug-likeness (QED) is 0.787. The van der Waals surface area contributed by atoms with Gasteiger partial charge in [0, 0.05) is 19.0 Å². The molecule has 3 unspecified atom stereocenters. The molecule has 0 spiro atoms. The van der Waals surface area contributed by atoms with Crippen molar-refractivity contribution in [2.24, 2.45) is 5.92 Å². The van der Waals surface area contributed by atoms with Crippen molar-refractivity contribution in [3.8, 4) is 0 Å². The van der Waals surface area contributed by atoms with Crippen molar-refractivity contribution < 1.29 is 14.6 Å². The number of carbonyl (C=O) groups excluding carboxylic acids is 1. The van der Waals surface area contributed by atoms with Crippen LogP contribution in [0.5, 0.6) is 0 Å². The lowest BCUT2D eigenvalue weighted by Gasteiger charge is -2.48. The fourth-order valence-corrected chi connectivity index (χ4v) is 3.86. The van der Waals surface area contributed by atoms with E-state index in [4.69, 9.17) is 4.74 Å². The Morgan fingerprint density at radius 3 is 2.95 bits per heavy atom. The van der Waals surface area contributed by atoms with Crippen LogP contribution in [0.15, 0.2) is 0 Å². The van der Waals surface area contributed by atoms with Crippen LogP contribution in [-0.4, -0.2) is 47.8 Å². The number of rotatable bonds is 5. The minimum Gasteiger partial charge on any atom is -0.468 e. The molecule has 2 fully saturated rings. The SMILES string of the molecule is CCCCC(C(=O)OC)N1CCC2(O)CCCCC2C1. The minimum atomic E-state index is -0.472. The molecular weight excluding hydrogens is 254 g/mol. The van der Waals surface area contributed by atoms with Crippen LogP contribution in [0.2, 0.25) is 0 Å². The molecule has 4 heteroatoms. The number of ether oxygens (including phenoxy) is 1. The smallest absolute Gasteiger partial charge is 0.323 e. The third kappa shape index (κ3) is 3.34. The third-order valence-electron chi connectivity index (χ3n) is 5.20. The van der Waals surface area contributed by atoms with E-state index in [-0.39, 0.29) is 12.0 Å². The van der Waals surface area contributed by atoms with E-state index in [1.807, 2.05) is 0 Å². The van der Waals surface area contributed by atoms with Gasteiger partial charge < -0.3 is 9.84 Å². The predicted molar refractivity (Wildman–Crippen MR) is 78.4 cm³/mol. The molecule has 4 nitrogen and oxygen atoms in total. The summed E-state index contributed by atoms with van der Waals surface area (Å²) in [6.45, 7) is 3.81. The number of methoxy groups -OCH3 is 1. The van der Waals surface area contributed by atoms with Gasteiger partial charge in [-0.2, -0.15) is 0 Å². The zero-order chi connectivity index (χ0) is 14.6. The number of fused-ring (bicyclic) bond motifs is 1. The van der Waals surface area contributed by atoms with Gasteiger partial charge in [0.05, 0.1) is 12.7 Å². The van der Waals surface area contributed by atoms with Crippen molar-refractivity contribution in [2.45, 2.75) is 69.9 Å². The first kappa shape index (κ1) is 15.8. The van der Waals surface area contributed by atoms with Crippen LogP contribution in [0.1, 0.15) is 58.3 Å². The van der Waals surface area contributed by atoms with Crippen molar-refractivity contribution >= 4 is 5.97 Å². The Balaban J connectivity index is 2.01. The van der Waals surface area contributed by atoms with Gasteiger partial charge in [0.15, 0.2) is 0 Å². The molecule has 0 aromatic heterocycles. The number of carbonyl (C=O) groups is 1. The second-order valence-corrected chi connectivity index (χ2v) is 6.47. The first-order valence-corrected chi connectivity index (χ1v) is 8.15. The summed E-state index contributed by atoms with van der Waals surface area (Å²) in [7, 11) is 1.47. The Morgan fingerprint density at radius 2 is 2.25 bits per heavy atom. The van der Waals surface area contributed by atoms with Gasteiger partial charge in [-0.15, -0.1) is 0 Å². The molecule has 0 amide bonds. The summed E-state index contributed by atoms with van der Waals surface area (Å²) in [6.07, 6.45) is 8.19. The van der Waals surface area contributed by atoms with Crippen LogP contribution in [0.25, 0.3) is 0 Å². The standard InChI is InChI=1S/C16H29NO3/c1-3-4-8-14(15(18)20-2)17-11-10-16(19)9-6-5-7-13(16)12-17/h13-14,19H,3-12H2,1-2H3. The lowest BCUT2D eigenvalue weighted by atomic mass is 9.71. The third-order valence-corrected chi connectivity index (χ3v) is 5.20. The number of aliphatic hydroxyl groups is 1. The molecule has 20 heavy (non-hydrogen) atoms. The highest BCUT2D eigenvalue weighted by Crippen LogP contribution is 2.40. The number of nitrogens with zero attached hydrogens (tertiary/aromatic N) is 1. The number of hydrogen-bond donors (Lipinski definition) is 1. The molecular formula is C16H29NO3. The van der Waals surface area contributed by atoms with Gasteiger partial charge in [-0.1, -0.05) is 32.6 Å². The Kier molecular flexibility index (Phi) is 5.44. The zero-order valence-electron chi connectivity index (χ0n) is 12.9. The van der Waals surface area contributed by atoms with E-state index in [0.29, 0.717) is 5.92 Å². The molecule has 0 aromatic rings. The number of unbranched alkanes of at least 4 members (excludes halogenated alkanes) is 1. The van der Waals surface area contributed by atoms with Gasteiger partial charge in [0.2, 0.25) is 0 Å². The number of piperidine rings is 1. The summed E-state index contributed by atoms with van der Waals surface area (Å²) < 4.78 is 4.98. The predicted octanol–water partition coefficient (Wildman–Crippen LogP) is 2.35. The normalized spacial score (nSPS) is 32.5. The van der Waals surface area contributed by atoms with Crippen LogP contribution in [0.4, 0.5) is 0 Å². The molecule has 1 saturated heterocycles. The fourth-order valence-electron chi connectivity index (χ4n) is 3.86. The van der Waals surface area contributed by atoms with Crippen molar-refractivity contribution in [2.75, 3.05) is 20.2 Å². The Labute approximate surface area is 122 Å². The van der Waals surface area contributed by atoms with Gasteiger partial charge in [-0.25, -0.2) is 0 Å². The van der Waals surface area contributed by atoms with Crippen LogP contribution in [0.3, 0.4) is 0 Å². The van der Waals surface area contributed by atoms with Crippen molar-refractivity contribution in [1.29, 1.82) is 0 Å². The molecule has 2 rings (SSSR count). The summed E-state index contributed by atoms with van der Waals surface area (Å²) in [5.74, 6) is 0.221. The Bertz CT molecular complexity index is 334. The molecule has 1 aliphatic carbocycles. The summed E-state index contributed by atoms with van der Waals surface area (Å²) in [5, 5.41) is 10.7. The first-order chi connectivity index (χ1) is 9.60. The Hall–Kier alpha value is -0.610. The van der Waals surface area contributed by atoms with E-state index in [1.54, 1.807) is 0 Å². The first-order valence-electron chi connectivity index (χ1n) is 8.15. The van der Waals surface area contributed by atoms with Crippen LogP contribution < -0.4 is 0 Å². The number of hydrogen-bond acceptors (Lipinski definition) is 4. The van der Waals surface area contributed by atoms with Crippen molar-refractivity contribution in [3.05, 3.63) is 0 Å². The molecule has 2 aliphatic rings.